The highest BCUT2D eigenvalue weighted by Gasteiger charge is 2.37. The fraction of sp³-hybridized carbons (Fsp3) is 0.347. The van der Waals surface area contributed by atoms with Crippen LogP contribution in [0.15, 0.2) is 103 Å². The Morgan fingerprint density at radius 2 is 1.27 bits per heavy atom. The number of para-hydroxylation sites is 1. The second-order valence-corrected chi connectivity index (χ2v) is 16.6. The molecule has 0 aliphatic heterocycles. The molecule has 0 radical (unpaired) electrons. The number of nitrogens with one attached hydrogen (secondary N) is 6. The average molecular weight is 982 g/mol. The Morgan fingerprint density at radius 3 is 1.91 bits per heavy atom. The molecule has 4 aromatic carbocycles. The number of phenols is 1. The first-order valence-corrected chi connectivity index (χ1v) is 22.2. The number of hydrogen-bond donors (Lipinski definition) is 8. The molecule has 1 heterocycles. The van der Waals surface area contributed by atoms with Gasteiger partial charge in [0.1, 0.15) is 36.5 Å². The number of alkyl halides is 6. The number of esters is 1. The number of benzene rings is 4. The van der Waals surface area contributed by atoms with Crippen LogP contribution in [0.4, 0.5) is 26.3 Å². The lowest BCUT2D eigenvalue weighted by molar-refractivity contribution is -0.149. The topological polar surface area (TPSA) is 234 Å². The molecular formula is C49H53F6N7O8. The molecule has 0 saturated carbocycles. The fourth-order valence-corrected chi connectivity index (χ4v) is 7.28. The van der Waals surface area contributed by atoms with Gasteiger partial charge in [0.15, 0.2) is 0 Å². The van der Waals surface area contributed by atoms with E-state index in [1.807, 2.05) is 6.92 Å². The number of ether oxygens (including phenoxy) is 1. The molecule has 5 atom stereocenters. The minimum absolute atomic E-state index is 0.0254. The Labute approximate surface area is 398 Å². The first-order chi connectivity index (χ1) is 33.1. The maximum Gasteiger partial charge on any atom is 0.416 e. The number of halogens is 6. The maximum atomic E-state index is 14.2. The number of nitrogens with two attached hydrogens (primary N) is 1. The zero-order chi connectivity index (χ0) is 51.2. The van der Waals surface area contributed by atoms with Gasteiger partial charge in [-0.3, -0.25) is 24.0 Å². The molecule has 1 aromatic heterocycles. The van der Waals surface area contributed by atoms with E-state index in [-0.39, 0.29) is 37.5 Å². The van der Waals surface area contributed by atoms with Crippen molar-refractivity contribution in [1.82, 2.24) is 31.6 Å². The van der Waals surface area contributed by atoms with Gasteiger partial charge in [-0.15, -0.1) is 0 Å². The standard InChI is InChI=1S/C49H53F6N7O8/c1-3-4-13-39(45(67)62-41(23-32-25-57-38-14-9-8-12-36(32)38)47(69)70-27-31-19-33(48(50,51)52)24-34(20-31)49(53,54)55)61-46(68)40(22-29-10-6-5-7-11-29)60-42(64)26-58-43(65)28(2)59-44(66)37(56)21-30-15-17-35(63)18-16-30/h5-12,14-20,24-25,28,37,39-41,57,63H,3-4,13,21-23,26-27,56H2,1-2H3,(H,58,65)(H,59,66)(H,60,64)(H,61,68)(H,62,67)/t28-,37+,39?,40+,41+/m1/s1. The van der Waals surface area contributed by atoms with Crippen LogP contribution < -0.4 is 32.3 Å². The molecule has 21 heteroatoms. The summed E-state index contributed by atoms with van der Waals surface area (Å²) in [6.07, 6.45) is -8.04. The van der Waals surface area contributed by atoms with Crippen LogP contribution in [-0.2, 0) is 71.7 Å². The minimum Gasteiger partial charge on any atom is -0.508 e. The maximum absolute atomic E-state index is 14.2. The van der Waals surface area contributed by atoms with Crippen molar-refractivity contribution in [3.05, 3.63) is 137 Å². The third-order valence-corrected chi connectivity index (χ3v) is 11.0. The summed E-state index contributed by atoms with van der Waals surface area (Å²) >= 11 is 0. The van der Waals surface area contributed by atoms with Crippen LogP contribution in [0.2, 0.25) is 0 Å². The summed E-state index contributed by atoms with van der Waals surface area (Å²) in [5, 5.41) is 22.8. The third kappa shape index (κ3) is 15.8. The number of amides is 5. The Hall–Kier alpha value is -7.42. The Bertz CT molecular complexity index is 2570. The molecule has 5 rings (SSSR count). The van der Waals surface area contributed by atoms with Gasteiger partial charge in [0.05, 0.1) is 23.7 Å². The Balaban J connectivity index is 1.30. The van der Waals surface area contributed by atoms with Crippen LogP contribution in [0.1, 0.15) is 66.5 Å². The lowest BCUT2D eigenvalue weighted by atomic mass is 10.0. The summed E-state index contributed by atoms with van der Waals surface area (Å²) in [4.78, 5) is 84.1. The first kappa shape index (κ1) is 53.5. The number of phenolic OH excluding ortho intramolecular Hbond substituents is 1. The second kappa shape index (κ2) is 24.2. The summed E-state index contributed by atoms with van der Waals surface area (Å²) in [5.41, 5.74) is 4.59. The number of carbonyl (C=O) groups excluding carboxylic acids is 6. The van der Waals surface area contributed by atoms with Gasteiger partial charge in [-0.1, -0.05) is 80.4 Å². The van der Waals surface area contributed by atoms with Crippen LogP contribution >= 0.6 is 0 Å². The highest BCUT2D eigenvalue weighted by atomic mass is 19.4. The van der Waals surface area contributed by atoms with E-state index in [4.69, 9.17) is 10.5 Å². The zero-order valence-corrected chi connectivity index (χ0v) is 38.0. The molecule has 70 heavy (non-hydrogen) atoms. The van der Waals surface area contributed by atoms with E-state index in [0.29, 0.717) is 52.6 Å². The summed E-state index contributed by atoms with van der Waals surface area (Å²) in [5.74, 6) is -5.10. The van der Waals surface area contributed by atoms with Gasteiger partial charge in [-0.25, -0.2) is 4.79 Å². The third-order valence-electron chi connectivity index (χ3n) is 11.0. The first-order valence-electron chi connectivity index (χ1n) is 22.2. The van der Waals surface area contributed by atoms with E-state index >= 15 is 0 Å². The molecule has 5 amide bonds. The lowest BCUT2D eigenvalue weighted by Crippen LogP contribution is -2.57. The van der Waals surface area contributed by atoms with Crippen molar-refractivity contribution in [2.75, 3.05) is 6.54 Å². The smallest absolute Gasteiger partial charge is 0.416 e. The van der Waals surface area contributed by atoms with Gasteiger partial charge in [-0.2, -0.15) is 26.3 Å². The number of unbranched alkanes of at least 4 members (excludes halogenated alkanes) is 1. The minimum atomic E-state index is -5.16. The molecule has 0 aliphatic carbocycles. The van der Waals surface area contributed by atoms with Crippen molar-refractivity contribution in [1.29, 1.82) is 0 Å². The number of aromatic nitrogens is 1. The number of aromatic amines is 1. The average Bonchev–Trinajstić information content (AvgIpc) is 3.73. The van der Waals surface area contributed by atoms with Crippen LogP contribution in [-0.4, -0.2) is 82.3 Å². The molecule has 0 fully saturated rings. The van der Waals surface area contributed by atoms with Crippen molar-refractivity contribution in [2.24, 2.45) is 5.73 Å². The molecule has 0 spiro atoms. The fourth-order valence-electron chi connectivity index (χ4n) is 7.28. The van der Waals surface area contributed by atoms with E-state index in [0.717, 1.165) is 0 Å². The van der Waals surface area contributed by atoms with E-state index < -0.39 is 108 Å². The van der Waals surface area contributed by atoms with E-state index in [1.165, 1.54) is 19.1 Å². The van der Waals surface area contributed by atoms with E-state index in [9.17, 15) is 60.2 Å². The SMILES string of the molecule is CCCCC(NC(=O)[C@H](Cc1ccccc1)NC(=O)CNC(=O)[C@@H](C)NC(=O)[C@@H](N)Cc1ccc(O)cc1)C(=O)N[C@@H](Cc1c[nH]c2ccccc12)C(=O)OCc1cc(C(F)(F)F)cc(C(F)(F)F)c1. The van der Waals surface area contributed by atoms with Gasteiger partial charge < -0.3 is 47.1 Å². The largest absolute Gasteiger partial charge is 0.508 e. The number of carbonyl (C=O) groups is 6. The number of hydrogen-bond acceptors (Lipinski definition) is 9. The molecule has 15 nitrogen and oxygen atoms in total. The van der Waals surface area contributed by atoms with E-state index in [2.05, 4.69) is 31.6 Å². The zero-order valence-electron chi connectivity index (χ0n) is 38.0. The van der Waals surface area contributed by atoms with Crippen molar-refractivity contribution < 1.29 is 65.0 Å². The molecule has 0 aliphatic rings. The summed E-state index contributed by atoms with van der Waals surface area (Å²) in [6.45, 7) is 1.54. The van der Waals surface area contributed by atoms with Crippen LogP contribution in [0.3, 0.4) is 0 Å². The summed E-state index contributed by atoms with van der Waals surface area (Å²) in [7, 11) is 0. The number of H-pyrrole nitrogens is 1. The molecule has 0 bridgehead atoms. The normalized spacial score (nSPS) is 13.8. The van der Waals surface area contributed by atoms with Crippen LogP contribution in [0, 0.1) is 0 Å². The predicted octanol–water partition coefficient (Wildman–Crippen LogP) is 5.28. The Morgan fingerprint density at radius 1 is 0.671 bits per heavy atom. The molecule has 5 aromatic rings. The second-order valence-electron chi connectivity index (χ2n) is 16.6. The highest BCUT2D eigenvalue weighted by molar-refractivity contribution is 5.95. The van der Waals surface area contributed by atoms with Crippen molar-refractivity contribution >= 4 is 46.4 Å². The number of fused-ring (bicyclic) bond motifs is 1. The van der Waals surface area contributed by atoms with Gasteiger partial charge in [0.2, 0.25) is 29.5 Å². The molecule has 374 valence electrons. The number of rotatable bonds is 22. The van der Waals surface area contributed by atoms with Gasteiger partial charge >= 0.3 is 18.3 Å². The van der Waals surface area contributed by atoms with Crippen molar-refractivity contribution in [3.63, 3.8) is 0 Å². The monoisotopic (exact) mass is 981 g/mol. The molecule has 0 saturated heterocycles. The highest BCUT2D eigenvalue weighted by Crippen LogP contribution is 2.36. The summed E-state index contributed by atoms with van der Waals surface area (Å²) in [6, 6.07) is 15.8. The van der Waals surface area contributed by atoms with Crippen LogP contribution in [0.25, 0.3) is 10.9 Å². The predicted molar refractivity (Wildman–Crippen MR) is 244 cm³/mol. The van der Waals surface area contributed by atoms with Gasteiger partial charge in [-0.05, 0) is 78.4 Å². The molecular weight excluding hydrogens is 929 g/mol. The van der Waals surface area contributed by atoms with Gasteiger partial charge in [0, 0.05) is 29.9 Å². The molecule has 1 unspecified atom stereocenters. The quantitative estimate of drug-likeness (QED) is 0.0333. The Kier molecular flexibility index (Phi) is 18.5. The van der Waals surface area contributed by atoms with Crippen molar-refractivity contribution in [2.45, 2.75) is 102 Å². The number of aromatic hydroxyl groups is 1. The van der Waals surface area contributed by atoms with Crippen molar-refractivity contribution in [3.8, 4) is 5.75 Å². The van der Waals surface area contributed by atoms with Crippen LogP contribution in [0.5, 0.6) is 5.75 Å². The van der Waals surface area contributed by atoms with E-state index in [1.54, 1.807) is 72.9 Å². The summed E-state index contributed by atoms with van der Waals surface area (Å²) < 4.78 is 87.0. The lowest BCUT2D eigenvalue weighted by Gasteiger charge is -2.25. The van der Waals surface area contributed by atoms with Gasteiger partial charge in [0.25, 0.3) is 0 Å². The molecule has 9 N–H and O–H groups in total.